The molecule has 0 heterocycles. The fourth-order valence-corrected chi connectivity index (χ4v) is 2.14. The molecule has 0 aliphatic carbocycles. The van der Waals surface area contributed by atoms with Crippen LogP contribution in [0.1, 0.15) is 39.5 Å². The van der Waals surface area contributed by atoms with Gasteiger partial charge in [0.05, 0.1) is 12.5 Å². The Morgan fingerprint density at radius 1 is 0.963 bits per heavy atom. The van der Waals surface area contributed by atoms with E-state index in [0.717, 1.165) is 6.92 Å². The van der Waals surface area contributed by atoms with Gasteiger partial charge in [-0.3, -0.25) is 24.0 Å². The molecule has 0 radical (unpaired) electrons. The molecule has 0 rings (SSSR count). The second-order valence-corrected chi connectivity index (χ2v) is 6.16. The Labute approximate surface area is 157 Å². The first-order valence-corrected chi connectivity index (χ1v) is 8.61. The molecule has 0 aromatic carbocycles. The Morgan fingerprint density at radius 3 is 2.07 bits per heavy atom. The number of carboxylic acids is 1. The molecular formula is C16H29N5O6. The van der Waals surface area contributed by atoms with Crippen molar-refractivity contribution in [1.82, 2.24) is 16.0 Å². The van der Waals surface area contributed by atoms with E-state index in [-0.39, 0.29) is 18.7 Å². The predicted molar refractivity (Wildman–Crippen MR) is 96.4 cm³/mol. The molecule has 0 aliphatic heterocycles. The van der Waals surface area contributed by atoms with Crippen molar-refractivity contribution >= 4 is 29.5 Å². The third-order valence-electron chi connectivity index (χ3n) is 3.67. The maximum atomic E-state index is 12.3. The molecule has 1 unspecified atom stereocenters. The molecule has 3 amide bonds. The minimum Gasteiger partial charge on any atom is -0.481 e. The van der Waals surface area contributed by atoms with Gasteiger partial charge in [-0.15, -0.1) is 0 Å². The molecule has 0 aromatic heterocycles. The van der Waals surface area contributed by atoms with Gasteiger partial charge in [-0.2, -0.15) is 0 Å². The highest BCUT2D eigenvalue weighted by atomic mass is 16.4. The molecule has 8 N–H and O–H groups in total. The summed E-state index contributed by atoms with van der Waals surface area (Å²) in [6.07, 6.45) is 0.788. The van der Waals surface area contributed by atoms with E-state index in [1.807, 2.05) is 0 Å². The molecule has 154 valence electrons. The summed E-state index contributed by atoms with van der Waals surface area (Å²) in [5, 5.41) is 16.1. The second-order valence-electron chi connectivity index (χ2n) is 6.16. The first kappa shape index (κ1) is 24.5. The van der Waals surface area contributed by atoms with Crippen LogP contribution in [-0.2, 0) is 24.0 Å². The zero-order valence-electron chi connectivity index (χ0n) is 15.6. The molecule has 11 nitrogen and oxygen atoms in total. The maximum absolute atomic E-state index is 12.3. The first-order chi connectivity index (χ1) is 12.6. The van der Waals surface area contributed by atoms with E-state index < -0.39 is 48.2 Å². The van der Waals surface area contributed by atoms with Gasteiger partial charge in [-0.05, 0) is 32.7 Å². The molecule has 0 fully saturated rings. The van der Waals surface area contributed by atoms with Crippen molar-refractivity contribution in [2.24, 2.45) is 11.5 Å². The van der Waals surface area contributed by atoms with E-state index >= 15 is 0 Å². The number of aliphatic carboxylic acids is 1. The summed E-state index contributed by atoms with van der Waals surface area (Å²) >= 11 is 0. The lowest BCUT2D eigenvalue weighted by atomic mass is 10.1. The number of carbonyl (C=O) groups is 5. The lowest BCUT2D eigenvalue weighted by molar-refractivity contribution is -0.140. The van der Waals surface area contributed by atoms with Gasteiger partial charge in [-0.1, -0.05) is 0 Å². The summed E-state index contributed by atoms with van der Waals surface area (Å²) in [7, 11) is 0. The largest absolute Gasteiger partial charge is 0.481 e. The second kappa shape index (κ2) is 12.8. The lowest BCUT2D eigenvalue weighted by Crippen LogP contribution is -2.55. The molecule has 11 heteroatoms. The van der Waals surface area contributed by atoms with Crippen molar-refractivity contribution < 1.29 is 29.1 Å². The SMILES string of the molecule is CC(=O)N[C@@H](CC(=O)O)C(=O)NC(CCCCN)C(=O)NC[C@H](N)C(C)=O. The van der Waals surface area contributed by atoms with Crippen molar-refractivity contribution in [3.63, 3.8) is 0 Å². The van der Waals surface area contributed by atoms with Crippen LogP contribution in [0.4, 0.5) is 0 Å². The Bertz CT molecular complexity index is 537. The number of carbonyl (C=O) groups excluding carboxylic acids is 4. The topological polar surface area (TPSA) is 194 Å². The fraction of sp³-hybridized carbons (Fsp3) is 0.688. The summed E-state index contributed by atoms with van der Waals surface area (Å²) in [5.41, 5.74) is 11.0. The fourth-order valence-electron chi connectivity index (χ4n) is 2.14. The number of ketones is 1. The summed E-state index contributed by atoms with van der Waals surface area (Å²) in [4.78, 5) is 57.9. The number of rotatable bonds is 13. The van der Waals surface area contributed by atoms with Gasteiger partial charge >= 0.3 is 5.97 Å². The number of hydrogen-bond donors (Lipinski definition) is 6. The van der Waals surface area contributed by atoms with Crippen LogP contribution >= 0.6 is 0 Å². The zero-order chi connectivity index (χ0) is 21.0. The summed E-state index contributed by atoms with van der Waals surface area (Å²) in [6, 6.07) is -3.16. The highest BCUT2D eigenvalue weighted by molar-refractivity contribution is 5.93. The van der Waals surface area contributed by atoms with Gasteiger partial charge in [-0.25, -0.2) is 0 Å². The van der Waals surface area contributed by atoms with Gasteiger partial charge < -0.3 is 32.5 Å². The molecular weight excluding hydrogens is 358 g/mol. The van der Waals surface area contributed by atoms with E-state index in [1.165, 1.54) is 6.92 Å². The minimum atomic E-state index is -1.32. The minimum absolute atomic E-state index is 0.0956. The Kier molecular flexibility index (Phi) is 11.6. The Morgan fingerprint density at radius 2 is 1.59 bits per heavy atom. The summed E-state index contributed by atoms with van der Waals surface area (Å²) < 4.78 is 0. The zero-order valence-corrected chi connectivity index (χ0v) is 15.6. The van der Waals surface area contributed by atoms with Crippen molar-refractivity contribution in [3.8, 4) is 0 Å². The average molecular weight is 387 g/mol. The molecule has 27 heavy (non-hydrogen) atoms. The van der Waals surface area contributed by atoms with Crippen LogP contribution in [-0.4, -0.2) is 65.8 Å². The van der Waals surface area contributed by atoms with Gasteiger partial charge in [0.2, 0.25) is 17.7 Å². The molecule has 0 saturated carbocycles. The predicted octanol–water partition coefficient (Wildman–Crippen LogP) is -2.39. The number of nitrogens with two attached hydrogens (primary N) is 2. The number of amides is 3. The molecule has 0 saturated heterocycles. The number of Topliss-reactive ketones (excluding diaryl/α,β-unsaturated/α-hetero) is 1. The van der Waals surface area contributed by atoms with Crippen LogP contribution in [0.2, 0.25) is 0 Å². The normalized spacial score (nSPS) is 13.8. The average Bonchev–Trinajstić information content (AvgIpc) is 2.56. The van der Waals surface area contributed by atoms with E-state index in [0.29, 0.717) is 19.4 Å². The number of hydrogen-bond acceptors (Lipinski definition) is 7. The van der Waals surface area contributed by atoms with Crippen LogP contribution in [0.15, 0.2) is 0 Å². The van der Waals surface area contributed by atoms with Crippen molar-refractivity contribution in [1.29, 1.82) is 0 Å². The van der Waals surface area contributed by atoms with Crippen molar-refractivity contribution in [2.45, 2.75) is 57.7 Å². The number of nitrogens with one attached hydrogen (secondary N) is 3. The molecule has 0 spiro atoms. The highest BCUT2D eigenvalue weighted by Crippen LogP contribution is 2.03. The Balaban J connectivity index is 5.04. The van der Waals surface area contributed by atoms with Gasteiger partial charge in [0.1, 0.15) is 17.9 Å². The highest BCUT2D eigenvalue weighted by Gasteiger charge is 2.27. The quantitative estimate of drug-likeness (QED) is 0.188. The first-order valence-electron chi connectivity index (χ1n) is 8.61. The van der Waals surface area contributed by atoms with E-state index in [4.69, 9.17) is 16.6 Å². The van der Waals surface area contributed by atoms with Crippen LogP contribution in [0, 0.1) is 0 Å². The number of carboxylic acid groups (broad SMARTS) is 1. The molecule has 0 aliphatic rings. The standard InChI is InChI=1S/C16H29N5O6/c1-9(22)11(18)8-19-15(26)12(5-3-4-6-17)21-16(27)13(7-14(24)25)20-10(2)23/h11-13H,3-8,17-18H2,1-2H3,(H,19,26)(H,20,23)(H,21,27)(H,24,25)/t11-,12?,13-/m0/s1. The summed E-state index contributed by atoms with van der Waals surface area (Å²) in [6.45, 7) is 2.75. The van der Waals surface area contributed by atoms with Crippen molar-refractivity contribution in [3.05, 3.63) is 0 Å². The maximum Gasteiger partial charge on any atom is 0.305 e. The molecule has 3 atom stereocenters. The smallest absolute Gasteiger partial charge is 0.305 e. The monoisotopic (exact) mass is 387 g/mol. The molecule has 0 bridgehead atoms. The van der Waals surface area contributed by atoms with Gasteiger partial charge in [0, 0.05) is 13.5 Å². The summed E-state index contributed by atoms with van der Waals surface area (Å²) in [5.74, 6) is -3.51. The third kappa shape index (κ3) is 10.9. The van der Waals surface area contributed by atoms with Crippen LogP contribution < -0.4 is 27.4 Å². The van der Waals surface area contributed by atoms with E-state index in [9.17, 15) is 24.0 Å². The third-order valence-corrected chi connectivity index (χ3v) is 3.67. The van der Waals surface area contributed by atoms with Crippen molar-refractivity contribution in [2.75, 3.05) is 13.1 Å². The van der Waals surface area contributed by atoms with E-state index in [2.05, 4.69) is 16.0 Å². The van der Waals surface area contributed by atoms with Gasteiger partial charge in [0.15, 0.2) is 0 Å². The van der Waals surface area contributed by atoms with Crippen LogP contribution in [0.25, 0.3) is 0 Å². The lowest BCUT2D eigenvalue weighted by Gasteiger charge is -2.22. The van der Waals surface area contributed by atoms with Crippen LogP contribution in [0.5, 0.6) is 0 Å². The van der Waals surface area contributed by atoms with E-state index in [1.54, 1.807) is 0 Å². The number of unbranched alkanes of at least 4 members (excludes halogenated alkanes) is 1. The Hall–Kier alpha value is -2.53. The van der Waals surface area contributed by atoms with Crippen LogP contribution in [0.3, 0.4) is 0 Å². The molecule has 0 aromatic rings. The van der Waals surface area contributed by atoms with Gasteiger partial charge in [0.25, 0.3) is 0 Å².